The van der Waals surface area contributed by atoms with Crippen molar-refractivity contribution >= 4 is 28.0 Å². The molecule has 0 amide bonds. The van der Waals surface area contributed by atoms with E-state index in [1.54, 1.807) is 7.11 Å². The molecule has 3 N–H and O–H groups in total. The SMILES string of the molecule is COc1nc(N)nc2[nH]cc(-c3cc4ccccc4o3)c12. The molecular formula is C15H12N4O2. The number of aromatic nitrogens is 3. The number of fused-ring (bicyclic) bond motifs is 2. The molecule has 0 aliphatic carbocycles. The smallest absolute Gasteiger partial charge is 0.228 e. The summed E-state index contributed by atoms with van der Waals surface area (Å²) in [6, 6.07) is 9.83. The highest BCUT2D eigenvalue weighted by atomic mass is 16.5. The molecule has 1 aromatic carbocycles. The number of nitrogens with zero attached hydrogens (tertiary/aromatic N) is 2. The highest BCUT2D eigenvalue weighted by Gasteiger charge is 2.17. The van der Waals surface area contributed by atoms with Gasteiger partial charge in [-0.05, 0) is 12.1 Å². The summed E-state index contributed by atoms with van der Waals surface area (Å²) in [5.41, 5.74) is 7.96. The lowest BCUT2D eigenvalue weighted by atomic mass is 10.1. The predicted molar refractivity (Wildman–Crippen MR) is 80.1 cm³/mol. The van der Waals surface area contributed by atoms with E-state index in [1.165, 1.54) is 0 Å². The van der Waals surface area contributed by atoms with Crippen molar-refractivity contribution in [2.24, 2.45) is 0 Å². The Hall–Kier alpha value is -3.02. The molecular weight excluding hydrogens is 268 g/mol. The maximum absolute atomic E-state index is 5.89. The van der Waals surface area contributed by atoms with Crippen molar-refractivity contribution in [1.29, 1.82) is 0 Å². The second-order valence-electron chi connectivity index (χ2n) is 4.67. The summed E-state index contributed by atoms with van der Waals surface area (Å²) in [6.07, 6.45) is 1.82. The summed E-state index contributed by atoms with van der Waals surface area (Å²) in [5.74, 6) is 1.32. The highest BCUT2D eigenvalue weighted by molar-refractivity contribution is 5.98. The maximum atomic E-state index is 5.89. The Morgan fingerprint density at radius 3 is 2.90 bits per heavy atom. The third-order valence-corrected chi connectivity index (χ3v) is 3.40. The summed E-state index contributed by atoms with van der Waals surface area (Å²) < 4.78 is 11.2. The largest absolute Gasteiger partial charge is 0.480 e. The zero-order valence-corrected chi connectivity index (χ0v) is 11.3. The Labute approximate surface area is 119 Å². The number of H-pyrrole nitrogens is 1. The normalized spacial score (nSPS) is 11.3. The first-order chi connectivity index (χ1) is 10.3. The summed E-state index contributed by atoms with van der Waals surface area (Å²) in [4.78, 5) is 11.4. The van der Waals surface area contributed by atoms with Gasteiger partial charge < -0.3 is 19.9 Å². The summed E-state index contributed by atoms with van der Waals surface area (Å²) in [5, 5.41) is 1.79. The molecule has 4 aromatic rings. The molecule has 21 heavy (non-hydrogen) atoms. The number of nitrogens with one attached hydrogen (secondary N) is 1. The van der Waals surface area contributed by atoms with E-state index >= 15 is 0 Å². The number of furan rings is 1. The van der Waals surface area contributed by atoms with E-state index in [1.807, 2.05) is 36.5 Å². The number of nitrogen functional groups attached to an aromatic ring is 1. The van der Waals surface area contributed by atoms with Crippen LogP contribution in [0.5, 0.6) is 5.88 Å². The van der Waals surface area contributed by atoms with Gasteiger partial charge in [0.05, 0.1) is 12.5 Å². The minimum Gasteiger partial charge on any atom is -0.480 e. The molecule has 0 unspecified atom stereocenters. The first-order valence-corrected chi connectivity index (χ1v) is 6.44. The molecule has 0 radical (unpaired) electrons. The quantitative estimate of drug-likeness (QED) is 0.589. The first kappa shape index (κ1) is 11.8. The van der Waals surface area contributed by atoms with E-state index in [2.05, 4.69) is 15.0 Å². The molecule has 3 heterocycles. The topological polar surface area (TPSA) is 90.0 Å². The van der Waals surface area contributed by atoms with Crippen molar-refractivity contribution in [1.82, 2.24) is 15.0 Å². The number of aromatic amines is 1. The van der Waals surface area contributed by atoms with Gasteiger partial charge in [0.1, 0.15) is 17.0 Å². The molecule has 0 fully saturated rings. The van der Waals surface area contributed by atoms with E-state index in [0.717, 1.165) is 27.7 Å². The number of benzene rings is 1. The van der Waals surface area contributed by atoms with E-state index in [4.69, 9.17) is 14.9 Å². The Morgan fingerprint density at radius 2 is 2.10 bits per heavy atom. The molecule has 0 aliphatic heterocycles. The second kappa shape index (κ2) is 4.24. The average Bonchev–Trinajstić information content (AvgIpc) is 3.09. The van der Waals surface area contributed by atoms with Gasteiger partial charge >= 0.3 is 0 Å². The third-order valence-electron chi connectivity index (χ3n) is 3.40. The fourth-order valence-electron chi connectivity index (χ4n) is 2.47. The van der Waals surface area contributed by atoms with Crippen molar-refractivity contribution in [3.63, 3.8) is 0 Å². The minimum atomic E-state index is 0.164. The summed E-state index contributed by atoms with van der Waals surface area (Å²) in [7, 11) is 1.55. The molecule has 0 aliphatic rings. The van der Waals surface area contributed by atoms with Crippen LogP contribution < -0.4 is 10.5 Å². The van der Waals surface area contributed by atoms with Gasteiger partial charge in [-0.3, -0.25) is 0 Å². The van der Waals surface area contributed by atoms with Crippen molar-refractivity contribution in [3.05, 3.63) is 36.5 Å². The fourth-order valence-corrected chi connectivity index (χ4v) is 2.47. The monoisotopic (exact) mass is 280 g/mol. The van der Waals surface area contributed by atoms with Crippen LogP contribution in [-0.2, 0) is 0 Å². The van der Waals surface area contributed by atoms with Crippen LogP contribution in [0.15, 0.2) is 40.9 Å². The fraction of sp³-hybridized carbons (Fsp3) is 0.0667. The molecule has 104 valence electrons. The molecule has 4 rings (SSSR count). The number of para-hydroxylation sites is 1. The molecule has 3 aromatic heterocycles. The van der Waals surface area contributed by atoms with Crippen LogP contribution in [0.4, 0.5) is 5.95 Å². The number of hydrogen-bond donors (Lipinski definition) is 2. The van der Waals surface area contributed by atoms with Crippen molar-refractivity contribution in [2.45, 2.75) is 0 Å². The lowest BCUT2D eigenvalue weighted by Crippen LogP contribution is -1.98. The van der Waals surface area contributed by atoms with Gasteiger partial charge in [0.15, 0.2) is 0 Å². The second-order valence-corrected chi connectivity index (χ2v) is 4.67. The van der Waals surface area contributed by atoms with E-state index in [0.29, 0.717) is 11.5 Å². The van der Waals surface area contributed by atoms with Gasteiger partial charge in [0.25, 0.3) is 0 Å². The summed E-state index contributed by atoms with van der Waals surface area (Å²) in [6.45, 7) is 0. The molecule has 0 atom stereocenters. The Kier molecular flexibility index (Phi) is 2.38. The Balaban J connectivity index is 2.01. The molecule has 0 saturated carbocycles. The number of methoxy groups -OCH3 is 1. The standard InChI is InChI=1S/C15H12N4O2/c1-20-14-12-9(7-17-13(12)18-15(16)19-14)11-6-8-4-2-3-5-10(8)21-11/h2-7H,1H3,(H3,16,17,18,19). The molecule has 0 saturated heterocycles. The van der Waals surface area contributed by atoms with Gasteiger partial charge in [0.2, 0.25) is 11.8 Å². The van der Waals surface area contributed by atoms with Crippen molar-refractivity contribution in [2.75, 3.05) is 12.8 Å². The number of anilines is 1. The van der Waals surface area contributed by atoms with Crippen LogP contribution in [0, 0.1) is 0 Å². The van der Waals surface area contributed by atoms with Crippen LogP contribution in [0.2, 0.25) is 0 Å². The molecule has 6 heteroatoms. The van der Waals surface area contributed by atoms with Gasteiger partial charge in [-0.25, -0.2) is 0 Å². The molecule has 0 spiro atoms. The van der Waals surface area contributed by atoms with Crippen LogP contribution in [0.25, 0.3) is 33.3 Å². The Morgan fingerprint density at radius 1 is 1.24 bits per heavy atom. The van der Waals surface area contributed by atoms with Crippen molar-refractivity contribution < 1.29 is 9.15 Å². The number of hydrogen-bond acceptors (Lipinski definition) is 5. The molecule has 0 bridgehead atoms. The average molecular weight is 280 g/mol. The van der Waals surface area contributed by atoms with Crippen LogP contribution in [0.3, 0.4) is 0 Å². The van der Waals surface area contributed by atoms with E-state index in [9.17, 15) is 0 Å². The Bertz CT molecular complexity index is 922. The van der Waals surface area contributed by atoms with Gasteiger partial charge in [0, 0.05) is 17.1 Å². The zero-order valence-electron chi connectivity index (χ0n) is 11.3. The first-order valence-electron chi connectivity index (χ1n) is 6.44. The van der Waals surface area contributed by atoms with Crippen LogP contribution in [0.1, 0.15) is 0 Å². The summed E-state index contributed by atoms with van der Waals surface area (Å²) >= 11 is 0. The third kappa shape index (κ3) is 1.73. The predicted octanol–water partition coefficient (Wildman–Crippen LogP) is 2.96. The van der Waals surface area contributed by atoms with Crippen LogP contribution >= 0.6 is 0 Å². The van der Waals surface area contributed by atoms with E-state index < -0.39 is 0 Å². The van der Waals surface area contributed by atoms with Gasteiger partial charge in [-0.2, -0.15) is 9.97 Å². The zero-order chi connectivity index (χ0) is 14.4. The lowest BCUT2D eigenvalue weighted by molar-refractivity contribution is 0.403. The van der Waals surface area contributed by atoms with E-state index in [-0.39, 0.29) is 5.95 Å². The molecule has 6 nitrogen and oxygen atoms in total. The number of ether oxygens (including phenoxy) is 1. The highest BCUT2D eigenvalue weighted by Crippen LogP contribution is 2.36. The number of rotatable bonds is 2. The van der Waals surface area contributed by atoms with Crippen molar-refractivity contribution in [3.8, 4) is 17.2 Å². The minimum absolute atomic E-state index is 0.164. The number of nitrogens with two attached hydrogens (primary N) is 1. The van der Waals surface area contributed by atoms with Crippen LogP contribution in [-0.4, -0.2) is 22.1 Å². The van der Waals surface area contributed by atoms with Gasteiger partial charge in [-0.1, -0.05) is 18.2 Å². The lowest BCUT2D eigenvalue weighted by Gasteiger charge is -2.02. The maximum Gasteiger partial charge on any atom is 0.228 e. The van der Waals surface area contributed by atoms with Gasteiger partial charge in [-0.15, -0.1) is 0 Å².